The van der Waals surface area contributed by atoms with Crippen molar-refractivity contribution in [1.82, 2.24) is 20.1 Å². The highest BCUT2D eigenvalue weighted by atomic mass is 19.4. The number of halogens is 3. The molecule has 2 heterocycles. The molecule has 0 saturated carbocycles. The maximum atomic E-state index is 12.8. The van der Waals surface area contributed by atoms with E-state index in [0.29, 0.717) is 11.3 Å². The van der Waals surface area contributed by atoms with Crippen molar-refractivity contribution in [1.29, 1.82) is 0 Å². The molecular weight excluding hydrogens is 463 g/mol. The largest absolute Gasteiger partial charge is 0.481 e. The lowest BCUT2D eigenvalue weighted by molar-refractivity contribution is -0.138. The van der Waals surface area contributed by atoms with E-state index in [1.807, 2.05) is 19.9 Å². The number of carbonyl (C=O) groups excluding carboxylic acids is 1. The van der Waals surface area contributed by atoms with Gasteiger partial charge in [-0.3, -0.25) is 9.59 Å². The minimum Gasteiger partial charge on any atom is -0.481 e. The van der Waals surface area contributed by atoms with E-state index in [2.05, 4.69) is 20.7 Å². The number of carbonyl (C=O) groups is 2. The number of carboxylic acid groups (broad SMARTS) is 1. The van der Waals surface area contributed by atoms with Crippen LogP contribution in [0.15, 0.2) is 48.9 Å². The molecule has 0 bridgehead atoms. The average Bonchev–Trinajstić information content (AvgIpc) is 3.30. The highest BCUT2D eigenvalue weighted by Crippen LogP contribution is 2.30. The third-order valence-corrected chi connectivity index (χ3v) is 5.34. The molecule has 8 nitrogen and oxygen atoms in total. The molecule has 1 atom stereocenters. The number of aliphatic carboxylic acids is 1. The number of hydrogen-bond acceptors (Lipinski definition) is 5. The van der Waals surface area contributed by atoms with Crippen LogP contribution in [-0.4, -0.2) is 38.3 Å². The first-order valence-corrected chi connectivity index (χ1v) is 11.0. The number of rotatable bonds is 10. The molecule has 0 aliphatic rings. The summed E-state index contributed by atoms with van der Waals surface area (Å²) in [7, 11) is 0. The molecule has 3 rings (SSSR count). The molecule has 2 aromatic heterocycles. The first-order chi connectivity index (χ1) is 16.6. The molecule has 1 unspecified atom stereocenters. The van der Waals surface area contributed by atoms with Crippen LogP contribution in [0.5, 0.6) is 0 Å². The number of benzene rings is 1. The zero-order chi connectivity index (χ0) is 25.6. The van der Waals surface area contributed by atoms with Gasteiger partial charge in [0.05, 0.1) is 36.1 Å². The highest BCUT2D eigenvalue weighted by molar-refractivity contribution is 5.94. The van der Waals surface area contributed by atoms with Gasteiger partial charge in [0.2, 0.25) is 0 Å². The van der Waals surface area contributed by atoms with E-state index >= 15 is 0 Å². The van der Waals surface area contributed by atoms with Crippen LogP contribution in [0.25, 0.3) is 5.82 Å². The summed E-state index contributed by atoms with van der Waals surface area (Å²) in [5.41, 5.74) is 2.15. The standard InChI is InChI=1S/C24H26F3N5O3/c1-3-4-20(19-7-5-16(11-15(19)2)23(35)28-10-9-22(33)34)31-18-6-8-21(29-13-18)32-14-17(12-30-32)24(25,26)27/h5-8,11-14,20,31H,3-4,9-10H2,1-2H3,(H,28,35)(H,33,34). The Morgan fingerprint density at radius 3 is 2.51 bits per heavy atom. The van der Waals surface area contributed by atoms with E-state index in [1.54, 1.807) is 24.3 Å². The fourth-order valence-corrected chi connectivity index (χ4v) is 3.59. The van der Waals surface area contributed by atoms with Gasteiger partial charge in [0.15, 0.2) is 5.82 Å². The summed E-state index contributed by atoms with van der Waals surface area (Å²) in [6.07, 6.45) is 0.227. The number of carboxylic acids is 1. The molecule has 186 valence electrons. The van der Waals surface area contributed by atoms with Crippen LogP contribution < -0.4 is 10.6 Å². The number of nitrogens with one attached hydrogen (secondary N) is 2. The van der Waals surface area contributed by atoms with Gasteiger partial charge in [-0.2, -0.15) is 18.3 Å². The first-order valence-electron chi connectivity index (χ1n) is 11.0. The Morgan fingerprint density at radius 1 is 1.17 bits per heavy atom. The van der Waals surface area contributed by atoms with Crippen LogP contribution in [0.4, 0.5) is 18.9 Å². The summed E-state index contributed by atoms with van der Waals surface area (Å²) in [5, 5.41) is 18.4. The highest BCUT2D eigenvalue weighted by Gasteiger charge is 2.32. The maximum Gasteiger partial charge on any atom is 0.419 e. The van der Waals surface area contributed by atoms with Crippen LogP contribution in [0.1, 0.15) is 59.3 Å². The fourth-order valence-electron chi connectivity index (χ4n) is 3.59. The van der Waals surface area contributed by atoms with Crippen LogP contribution in [0, 0.1) is 6.92 Å². The monoisotopic (exact) mass is 489 g/mol. The quantitative estimate of drug-likeness (QED) is 0.379. The van der Waals surface area contributed by atoms with Crippen LogP contribution in [0.3, 0.4) is 0 Å². The van der Waals surface area contributed by atoms with Crippen molar-refractivity contribution in [3.63, 3.8) is 0 Å². The third kappa shape index (κ3) is 6.81. The number of aryl methyl sites for hydroxylation is 1. The number of nitrogens with zero attached hydrogens (tertiary/aromatic N) is 3. The normalized spacial score (nSPS) is 12.3. The van der Waals surface area contributed by atoms with E-state index in [-0.39, 0.29) is 30.7 Å². The summed E-state index contributed by atoms with van der Waals surface area (Å²) in [6.45, 7) is 3.99. The van der Waals surface area contributed by atoms with Gasteiger partial charge in [-0.1, -0.05) is 19.4 Å². The van der Waals surface area contributed by atoms with E-state index in [4.69, 9.17) is 5.11 Å². The number of amides is 1. The maximum absolute atomic E-state index is 12.8. The Kier molecular flexibility index (Phi) is 8.10. The van der Waals surface area contributed by atoms with E-state index in [1.165, 1.54) is 6.20 Å². The smallest absolute Gasteiger partial charge is 0.419 e. The minimum absolute atomic E-state index is 0.0496. The average molecular weight is 489 g/mol. The van der Waals surface area contributed by atoms with Crippen molar-refractivity contribution in [2.24, 2.45) is 0 Å². The lowest BCUT2D eigenvalue weighted by Gasteiger charge is -2.22. The van der Waals surface area contributed by atoms with Gasteiger partial charge in [-0.05, 0) is 48.7 Å². The first kappa shape index (κ1) is 25.7. The molecule has 3 N–H and O–H groups in total. The van der Waals surface area contributed by atoms with E-state index < -0.39 is 17.7 Å². The molecule has 0 saturated heterocycles. The lowest BCUT2D eigenvalue weighted by atomic mass is 9.95. The zero-order valence-corrected chi connectivity index (χ0v) is 19.3. The Hall–Kier alpha value is -3.89. The van der Waals surface area contributed by atoms with Gasteiger partial charge >= 0.3 is 12.1 Å². The summed E-state index contributed by atoms with van der Waals surface area (Å²) < 4.78 is 39.5. The van der Waals surface area contributed by atoms with Gasteiger partial charge in [0.25, 0.3) is 5.91 Å². The van der Waals surface area contributed by atoms with Gasteiger partial charge in [0, 0.05) is 18.3 Å². The molecule has 0 radical (unpaired) electrons. The zero-order valence-electron chi connectivity index (χ0n) is 19.3. The summed E-state index contributed by atoms with van der Waals surface area (Å²) in [4.78, 5) is 27.1. The molecule has 1 amide bonds. The van der Waals surface area contributed by atoms with Gasteiger partial charge in [-0.15, -0.1) is 0 Å². The lowest BCUT2D eigenvalue weighted by Crippen LogP contribution is -2.26. The molecule has 1 aromatic carbocycles. The number of aromatic nitrogens is 3. The van der Waals surface area contributed by atoms with Crippen molar-refractivity contribution >= 4 is 17.6 Å². The Morgan fingerprint density at radius 2 is 1.94 bits per heavy atom. The molecule has 0 aliphatic heterocycles. The van der Waals surface area contributed by atoms with Crippen molar-refractivity contribution < 1.29 is 27.9 Å². The minimum atomic E-state index is -4.47. The van der Waals surface area contributed by atoms with Crippen molar-refractivity contribution in [2.75, 3.05) is 11.9 Å². The van der Waals surface area contributed by atoms with E-state index in [9.17, 15) is 22.8 Å². The van der Waals surface area contributed by atoms with Crippen molar-refractivity contribution in [3.8, 4) is 5.82 Å². The van der Waals surface area contributed by atoms with Crippen molar-refractivity contribution in [3.05, 3.63) is 71.2 Å². The number of alkyl halides is 3. The van der Waals surface area contributed by atoms with E-state index in [0.717, 1.165) is 41.0 Å². The Balaban J connectivity index is 1.72. The molecule has 0 fully saturated rings. The SMILES string of the molecule is CCCC(Nc1ccc(-n2cc(C(F)(F)F)cn2)nc1)c1ccc(C(=O)NCCC(=O)O)cc1C. The molecule has 0 spiro atoms. The Bertz CT molecular complexity index is 1180. The topological polar surface area (TPSA) is 109 Å². The third-order valence-electron chi connectivity index (χ3n) is 5.34. The summed E-state index contributed by atoms with van der Waals surface area (Å²) in [5.74, 6) is -1.07. The number of anilines is 1. The van der Waals surface area contributed by atoms with Crippen LogP contribution in [-0.2, 0) is 11.0 Å². The fraction of sp³-hybridized carbons (Fsp3) is 0.333. The Labute approximate surface area is 200 Å². The summed E-state index contributed by atoms with van der Waals surface area (Å²) >= 11 is 0. The van der Waals surface area contributed by atoms with Gasteiger partial charge in [0.1, 0.15) is 0 Å². The number of pyridine rings is 1. The molecule has 0 aliphatic carbocycles. The second-order valence-electron chi connectivity index (χ2n) is 8.03. The van der Waals surface area contributed by atoms with Gasteiger partial charge < -0.3 is 15.7 Å². The summed E-state index contributed by atoms with van der Waals surface area (Å²) in [6, 6.07) is 8.53. The van der Waals surface area contributed by atoms with Crippen LogP contribution >= 0.6 is 0 Å². The molecule has 35 heavy (non-hydrogen) atoms. The number of hydrogen-bond donors (Lipinski definition) is 3. The van der Waals surface area contributed by atoms with Gasteiger partial charge in [-0.25, -0.2) is 9.67 Å². The molecule has 3 aromatic rings. The predicted octanol–water partition coefficient (Wildman–Crippen LogP) is 4.75. The molecular formula is C24H26F3N5O3. The van der Waals surface area contributed by atoms with Crippen molar-refractivity contribution in [2.45, 2.75) is 45.3 Å². The predicted molar refractivity (Wildman–Crippen MR) is 123 cm³/mol. The second-order valence-corrected chi connectivity index (χ2v) is 8.03. The van der Waals surface area contributed by atoms with Crippen LogP contribution in [0.2, 0.25) is 0 Å². The molecule has 11 heteroatoms. The second kappa shape index (κ2) is 11.0.